The number of rotatable bonds is 9. The standard InChI is InChI=1S/C23H32N2O3.2ClH/c1-27-22-18-20(17-21(26)23(22)28-2)10-12-25-15-13-24(14-16-25)11-6-9-19-7-4-3-5-8-19;;/h3-5,7-8,17-18,26H,6,9-16H2,1-2H3;2*1H. The molecule has 0 unspecified atom stereocenters. The van der Waals surface area contributed by atoms with Crippen LogP contribution in [0.3, 0.4) is 0 Å². The smallest absolute Gasteiger partial charge is 0.203 e. The second-order valence-electron chi connectivity index (χ2n) is 7.37. The van der Waals surface area contributed by atoms with Gasteiger partial charge in [0.15, 0.2) is 11.5 Å². The van der Waals surface area contributed by atoms with Crippen LogP contribution in [0.2, 0.25) is 0 Å². The summed E-state index contributed by atoms with van der Waals surface area (Å²) in [5, 5.41) is 10.1. The van der Waals surface area contributed by atoms with Gasteiger partial charge in [-0.3, -0.25) is 0 Å². The summed E-state index contributed by atoms with van der Waals surface area (Å²) < 4.78 is 10.5. The van der Waals surface area contributed by atoms with Crippen LogP contribution in [-0.2, 0) is 12.8 Å². The molecule has 1 N–H and O–H groups in total. The summed E-state index contributed by atoms with van der Waals surface area (Å²) >= 11 is 0. The Labute approximate surface area is 192 Å². The number of piperazine rings is 1. The minimum absolute atomic E-state index is 0. The Morgan fingerprint density at radius 1 is 0.800 bits per heavy atom. The monoisotopic (exact) mass is 456 g/mol. The number of ether oxygens (including phenoxy) is 2. The highest BCUT2D eigenvalue weighted by atomic mass is 35.5. The van der Waals surface area contributed by atoms with Gasteiger partial charge in [0.05, 0.1) is 14.2 Å². The number of nitrogens with zero attached hydrogens (tertiary/aromatic N) is 2. The predicted molar refractivity (Wildman–Crippen MR) is 127 cm³/mol. The van der Waals surface area contributed by atoms with Gasteiger partial charge < -0.3 is 24.4 Å². The Balaban J connectivity index is 0.00000225. The number of hydrogen-bond donors (Lipinski definition) is 1. The van der Waals surface area contributed by atoms with E-state index in [0.717, 1.165) is 51.1 Å². The molecule has 1 aliphatic rings. The molecule has 0 aromatic heterocycles. The molecule has 2 aromatic carbocycles. The number of hydrogen-bond acceptors (Lipinski definition) is 5. The molecular formula is C23H34Cl2N2O3. The molecule has 1 fully saturated rings. The van der Waals surface area contributed by atoms with Crippen LogP contribution in [0.4, 0.5) is 0 Å². The van der Waals surface area contributed by atoms with Gasteiger partial charge in [-0.05, 0) is 49.1 Å². The fourth-order valence-corrected chi connectivity index (χ4v) is 3.82. The number of phenols is 1. The zero-order valence-electron chi connectivity index (χ0n) is 17.9. The van der Waals surface area contributed by atoms with Crippen molar-refractivity contribution < 1.29 is 14.6 Å². The van der Waals surface area contributed by atoms with E-state index in [1.54, 1.807) is 13.2 Å². The zero-order chi connectivity index (χ0) is 19.8. The van der Waals surface area contributed by atoms with Gasteiger partial charge in [0.1, 0.15) is 0 Å². The molecule has 0 atom stereocenters. The number of aromatic hydroxyl groups is 1. The van der Waals surface area contributed by atoms with Gasteiger partial charge in [-0.2, -0.15) is 0 Å². The van der Waals surface area contributed by atoms with Gasteiger partial charge >= 0.3 is 0 Å². The molecule has 0 spiro atoms. The van der Waals surface area contributed by atoms with Crippen molar-refractivity contribution >= 4 is 24.8 Å². The summed E-state index contributed by atoms with van der Waals surface area (Å²) in [4.78, 5) is 5.07. The van der Waals surface area contributed by atoms with Crippen LogP contribution in [0.1, 0.15) is 17.5 Å². The lowest BCUT2D eigenvalue weighted by Crippen LogP contribution is -2.47. The van der Waals surface area contributed by atoms with Gasteiger partial charge in [0.25, 0.3) is 0 Å². The first-order chi connectivity index (χ1) is 13.7. The molecule has 0 amide bonds. The van der Waals surface area contributed by atoms with E-state index in [-0.39, 0.29) is 30.6 Å². The maximum atomic E-state index is 10.1. The first-order valence-corrected chi connectivity index (χ1v) is 10.1. The van der Waals surface area contributed by atoms with E-state index in [4.69, 9.17) is 9.47 Å². The molecule has 1 aliphatic heterocycles. The van der Waals surface area contributed by atoms with Crippen LogP contribution >= 0.6 is 24.8 Å². The topological polar surface area (TPSA) is 45.2 Å². The minimum Gasteiger partial charge on any atom is -0.504 e. The number of halogens is 2. The van der Waals surface area contributed by atoms with Crippen LogP contribution in [0, 0.1) is 0 Å². The molecular weight excluding hydrogens is 423 g/mol. The first kappa shape index (κ1) is 26.4. The molecule has 0 aliphatic carbocycles. The van der Waals surface area contributed by atoms with Crippen LogP contribution < -0.4 is 9.47 Å². The number of phenolic OH excluding ortho intramolecular Hbond substituents is 1. The first-order valence-electron chi connectivity index (χ1n) is 10.1. The fourth-order valence-electron chi connectivity index (χ4n) is 3.82. The Morgan fingerprint density at radius 2 is 1.43 bits per heavy atom. The van der Waals surface area contributed by atoms with Crippen molar-refractivity contribution in [1.82, 2.24) is 9.80 Å². The molecule has 7 heteroatoms. The Hall–Kier alpha value is -1.66. The quantitative estimate of drug-likeness (QED) is 0.616. The summed E-state index contributed by atoms with van der Waals surface area (Å²) in [5.74, 6) is 1.12. The largest absolute Gasteiger partial charge is 0.504 e. The maximum Gasteiger partial charge on any atom is 0.203 e. The Kier molecular flexibility index (Phi) is 12.0. The molecule has 1 saturated heterocycles. The molecule has 30 heavy (non-hydrogen) atoms. The third-order valence-electron chi connectivity index (χ3n) is 5.48. The highest BCUT2D eigenvalue weighted by Gasteiger charge is 2.17. The van der Waals surface area contributed by atoms with Crippen molar-refractivity contribution in [2.45, 2.75) is 19.3 Å². The number of aryl methyl sites for hydroxylation is 1. The van der Waals surface area contributed by atoms with Crippen molar-refractivity contribution in [2.24, 2.45) is 0 Å². The molecule has 1 heterocycles. The molecule has 168 valence electrons. The highest BCUT2D eigenvalue weighted by molar-refractivity contribution is 5.85. The van der Waals surface area contributed by atoms with Crippen LogP contribution in [0.15, 0.2) is 42.5 Å². The SMILES string of the molecule is COc1cc(CCN2CCN(CCCc3ccccc3)CC2)cc(O)c1OC.Cl.Cl. The highest BCUT2D eigenvalue weighted by Crippen LogP contribution is 2.37. The van der Waals surface area contributed by atoms with E-state index >= 15 is 0 Å². The van der Waals surface area contributed by atoms with E-state index in [1.165, 1.54) is 25.6 Å². The van der Waals surface area contributed by atoms with Crippen molar-refractivity contribution in [3.05, 3.63) is 53.6 Å². The molecule has 2 aromatic rings. The minimum atomic E-state index is 0. The predicted octanol–water partition coefficient (Wildman–Crippen LogP) is 4.05. The van der Waals surface area contributed by atoms with Crippen molar-refractivity contribution in [3.8, 4) is 17.2 Å². The van der Waals surface area contributed by atoms with Gasteiger partial charge in [0, 0.05) is 32.7 Å². The normalized spacial score (nSPS) is 14.5. The van der Waals surface area contributed by atoms with E-state index in [1.807, 2.05) is 6.07 Å². The summed E-state index contributed by atoms with van der Waals surface area (Å²) in [7, 11) is 3.13. The second kappa shape index (κ2) is 13.6. The maximum absolute atomic E-state index is 10.1. The summed E-state index contributed by atoms with van der Waals surface area (Å²) in [5.41, 5.74) is 2.50. The average molecular weight is 457 g/mol. The molecule has 0 radical (unpaired) electrons. The third kappa shape index (κ3) is 7.55. The van der Waals surface area contributed by atoms with E-state index in [0.29, 0.717) is 11.5 Å². The number of methoxy groups -OCH3 is 2. The van der Waals surface area contributed by atoms with Gasteiger partial charge in [-0.25, -0.2) is 0 Å². The molecule has 0 bridgehead atoms. The summed E-state index contributed by atoms with van der Waals surface area (Å²) in [6.07, 6.45) is 3.26. The lowest BCUT2D eigenvalue weighted by molar-refractivity contribution is 0.132. The lowest BCUT2D eigenvalue weighted by atomic mass is 10.1. The van der Waals surface area contributed by atoms with E-state index in [9.17, 15) is 5.11 Å². The van der Waals surface area contributed by atoms with Crippen molar-refractivity contribution in [1.29, 1.82) is 0 Å². The van der Waals surface area contributed by atoms with E-state index < -0.39 is 0 Å². The van der Waals surface area contributed by atoms with Crippen LogP contribution in [0.5, 0.6) is 17.2 Å². The third-order valence-corrected chi connectivity index (χ3v) is 5.48. The fraction of sp³-hybridized carbons (Fsp3) is 0.478. The number of benzene rings is 2. The molecule has 0 saturated carbocycles. The van der Waals surface area contributed by atoms with Crippen LogP contribution in [-0.4, -0.2) is 68.4 Å². The van der Waals surface area contributed by atoms with Crippen LogP contribution in [0.25, 0.3) is 0 Å². The van der Waals surface area contributed by atoms with Gasteiger partial charge in [-0.1, -0.05) is 30.3 Å². The zero-order valence-corrected chi connectivity index (χ0v) is 19.5. The second-order valence-corrected chi connectivity index (χ2v) is 7.37. The van der Waals surface area contributed by atoms with Gasteiger partial charge in [0.2, 0.25) is 5.75 Å². The Morgan fingerprint density at radius 3 is 2.03 bits per heavy atom. The molecule has 5 nitrogen and oxygen atoms in total. The summed E-state index contributed by atoms with van der Waals surface area (Å²) in [6, 6.07) is 14.5. The Bertz CT molecular complexity index is 739. The lowest BCUT2D eigenvalue weighted by Gasteiger charge is -2.34. The van der Waals surface area contributed by atoms with Gasteiger partial charge in [-0.15, -0.1) is 24.8 Å². The van der Waals surface area contributed by atoms with E-state index in [2.05, 4.69) is 40.1 Å². The summed E-state index contributed by atoms with van der Waals surface area (Å²) in [6.45, 7) is 6.63. The van der Waals surface area contributed by atoms with Crippen molar-refractivity contribution in [3.63, 3.8) is 0 Å². The molecule has 3 rings (SSSR count). The average Bonchev–Trinajstić information content (AvgIpc) is 2.73. The van der Waals surface area contributed by atoms with Crippen molar-refractivity contribution in [2.75, 3.05) is 53.5 Å².